The molecule has 2 aromatic rings. The molecule has 4 N–H and O–H groups in total. The number of hydrogen-bond acceptors (Lipinski definition) is 7. The second-order valence-electron chi connectivity index (χ2n) is 7.87. The van der Waals surface area contributed by atoms with Crippen molar-refractivity contribution in [2.24, 2.45) is 5.14 Å². The number of nitrogens with one attached hydrogen (secondary N) is 2. The van der Waals surface area contributed by atoms with E-state index < -0.39 is 20.6 Å². The summed E-state index contributed by atoms with van der Waals surface area (Å²) in [4.78, 5) is 22.6. The number of nitrogens with zero attached hydrogens (tertiary/aromatic N) is 1. The highest BCUT2D eigenvalue weighted by Crippen LogP contribution is 2.31. The molecule has 2 rings (SSSR count). The van der Waals surface area contributed by atoms with E-state index in [2.05, 4.69) is 31.4 Å². The largest absolute Gasteiger partial charge is 0.495 e. The first kappa shape index (κ1) is 24.1. The van der Waals surface area contributed by atoms with E-state index >= 15 is 0 Å². The van der Waals surface area contributed by atoms with Crippen molar-refractivity contribution in [1.82, 2.24) is 0 Å². The lowest BCUT2D eigenvalue weighted by Crippen LogP contribution is -2.18. The molecule has 0 aliphatic heterocycles. The van der Waals surface area contributed by atoms with E-state index in [1.165, 1.54) is 13.2 Å². The van der Waals surface area contributed by atoms with Crippen molar-refractivity contribution in [1.29, 1.82) is 0 Å². The fourth-order valence-electron chi connectivity index (χ4n) is 2.78. The van der Waals surface area contributed by atoms with Crippen LogP contribution in [0.5, 0.6) is 5.75 Å². The second kappa shape index (κ2) is 9.31. The van der Waals surface area contributed by atoms with Gasteiger partial charge < -0.3 is 15.4 Å². The van der Waals surface area contributed by atoms with E-state index in [1.807, 2.05) is 12.1 Å². The first-order chi connectivity index (χ1) is 14.3. The van der Waals surface area contributed by atoms with Gasteiger partial charge in [-0.1, -0.05) is 26.8 Å². The number of amides is 1. The van der Waals surface area contributed by atoms with E-state index in [1.54, 1.807) is 6.07 Å². The molecule has 1 amide bonds. The average molecular weight is 451 g/mol. The summed E-state index contributed by atoms with van der Waals surface area (Å²) in [5.74, 6) is 0.198. The van der Waals surface area contributed by atoms with Gasteiger partial charge >= 0.3 is 0 Å². The van der Waals surface area contributed by atoms with Gasteiger partial charge in [0.15, 0.2) is 0 Å². The molecule has 11 heteroatoms. The molecular weight excluding hydrogens is 424 g/mol. The molecule has 2 aromatic carbocycles. The third-order valence-electron chi connectivity index (χ3n) is 4.50. The van der Waals surface area contributed by atoms with Crippen LogP contribution >= 0.6 is 0 Å². The molecule has 0 aromatic heterocycles. The number of sulfonamides is 1. The number of methoxy groups -OCH3 is 1. The Labute approximate surface area is 181 Å². The van der Waals surface area contributed by atoms with Crippen molar-refractivity contribution in [3.63, 3.8) is 0 Å². The smallest absolute Gasteiger partial charge is 0.293 e. The summed E-state index contributed by atoms with van der Waals surface area (Å²) >= 11 is 0. The number of carbonyl (C=O) groups is 1. The van der Waals surface area contributed by atoms with Gasteiger partial charge in [0, 0.05) is 19.0 Å². The zero-order valence-electron chi connectivity index (χ0n) is 17.8. The predicted molar refractivity (Wildman–Crippen MR) is 118 cm³/mol. The van der Waals surface area contributed by atoms with Crippen LogP contribution in [-0.4, -0.2) is 32.9 Å². The maximum atomic E-state index is 12.4. The van der Waals surface area contributed by atoms with Gasteiger partial charge in [-0.3, -0.25) is 14.9 Å². The molecule has 0 heterocycles. The molecule has 31 heavy (non-hydrogen) atoms. The Bertz CT molecular complexity index is 1090. The SMILES string of the molecule is COc1ccc(C(C)(C)C)cc1NC(=O)CCNc1ccc(S(N)(=O)=O)cc1[N+](=O)[O-]. The van der Waals surface area contributed by atoms with Crippen LogP contribution in [0, 0.1) is 10.1 Å². The summed E-state index contributed by atoms with van der Waals surface area (Å²) in [6.45, 7) is 6.25. The zero-order valence-corrected chi connectivity index (χ0v) is 18.6. The Kier molecular flexibility index (Phi) is 7.24. The average Bonchev–Trinajstić information content (AvgIpc) is 2.66. The van der Waals surface area contributed by atoms with E-state index in [9.17, 15) is 23.3 Å². The minimum Gasteiger partial charge on any atom is -0.495 e. The van der Waals surface area contributed by atoms with Crippen LogP contribution in [-0.2, 0) is 20.2 Å². The maximum absolute atomic E-state index is 12.4. The van der Waals surface area contributed by atoms with Gasteiger partial charge in [0.25, 0.3) is 5.69 Å². The molecule has 168 valence electrons. The quantitative estimate of drug-likeness (QED) is 0.412. The van der Waals surface area contributed by atoms with Crippen LogP contribution in [0.4, 0.5) is 17.1 Å². The van der Waals surface area contributed by atoms with Gasteiger partial charge in [0.1, 0.15) is 11.4 Å². The molecule has 0 saturated heterocycles. The van der Waals surface area contributed by atoms with Gasteiger partial charge in [-0.15, -0.1) is 0 Å². The Morgan fingerprint density at radius 3 is 2.39 bits per heavy atom. The van der Waals surface area contributed by atoms with Gasteiger partial charge in [-0.05, 0) is 35.2 Å². The number of benzene rings is 2. The molecule has 0 aliphatic carbocycles. The van der Waals surface area contributed by atoms with Crippen LogP contribution in [0.25, 0.3) is 0 Å². The molecule has 10 nitrogen and oxygen atoms in total. The number of primary sulfonamides is 1. The monoisotopic (exact) mass is 450 g/mol. The number of nitro benzene ring substituents is 1. The Balaban J connectivity index is 2.09. The first-order valence-corrected chi connectivity index (χ1v) is 10.9. The third kappa shape index (κ3) is 6.40. The fourth-order valence-corrected chi connectivity index (χ4v) is 3.32. The van der Waals surface area contributed by atoms with E-state index in [0.29, 0.717) is 11.4 Å². The number of anilines is 2. The van der Waals surface area contributed by atoms with E-state index in [0.717, 1.165) is 17.7 Å². The maximum Gasteiger partial charge on any atom is 0.293 e. The molecule has 0 aliphatic rings. The number of hydrogen-bond donors (Lipinski definition) is 3. The molecule has 0 atom stereocenters. The van der Waals surface area contributed by atoms with Crippen molar-refractivity contribution in [2.75, 3.05) is 24.3 Å². The second-order valence-corrected chi connectivity index (χ2v) is 9.43. The summed E-state index contributed by atoms with van der Waals surface area (Å²) in [7, 11) is -2.57. The lowest BCUT2D eigenvalue weighted by Gasteiger charge is -2.21. The van der Waals surface area contributed by atoms with Crippen LogP contribution in [0.3, 0.4) is 0 Å². The molecule has 0 radical (unpaired) electrons. The van der Waals surface area contributed by atoms with Gasteiger partial charge in [0.05, 0.1) is 22.6 Å². The summed E-state index contributed by atoms with van der Waals surface area (Å²) < 4.78 is 28.1. The van der Waals surface area contributed by atoms with Crippen LogP contribution < -0.4 is 20.5 Å². The highest BCUT2D eigenvalue weighted by molar-refractivity contribution is 7.89. The Morgan fingerprint density at radius 2 is 1.84 bits per heavy atom. The van der Waals surface area contributed by atoms with Gasteiger partial charge in [-0.25, -0.2) is 13.6 Å². The third-order valence-corrected chi connectivity index (χ3v) is 5.41. The lowest BCUT2D eigenvalue weighted by atomic mass is 9.87. The number of nitro groups is 1. The normalized spacial score (nSPS) is 11.6. The van der Waals surface area contributed by atoms with Crippen molar-refractivity contribution < 1.29 is 22.9 Å². The number of rotatable bonds is 8. The number of nitrogens with two attached hydrogens (primary N) is 1. The lowest BCUT2D eigenvalue weighted by molar-refractivity contribution is -0.384. The predicted octanol–water partition coefficient (Wildman–Crippen LogP) is 2.99. The highest BCUT2D eigenvalue weighted by Gasteiger charge is 2.20. The standard InChI is InChI=1S/C20H26N4O6S/c1-20(2,3)13-5-8-18(30-4)16(11-13)23-19(25)9-10-22-15-7-6-14(31(21,28)29)12-17(15)24(26)27/h5-8,11-12,22H,9-10H2,1-4H3,(H,23,25)(H2,21,28,29). The first-order valence-electron chi connectivity index (χ1n) is 9.36. The Hall–Kier alpha value is -3.18. The molecule has 0 unspecified atom stereocenters. The topological polar surface area (TPSA) is 154 Å². The Morgan fingerprint density at radius 1 is 1.16 bits per heavy atom. The zero-order chi connectivity index (χ0) is 23.4. The minimum atomic E-state index is -4.07. The summed E-state index contributed by atoms with van der Waals surface area (Å²) in [5.41, 5.74) is 1.06. The number of carbonyl (C=O) groups excluding carboxylic acids is 1. The molecule has 0 saturated carbocycles. The van der Waals surface area contributed by atoms with Crippen molar-refractivity contribution in [3.05, 3.63) is 52.1 Å². The minimum absolute atomic E-state index is 0.0109. The highest BCUT2D eigenvalue weighted by atomic mass is 32.2. The van der Waals surface area contributed by atoms with Crippen molar-refractivity contribution in [2.45, 2.75) is 37.5 Å². The van der Waals surface area contributed by atoms with Crippen LogP contribution in [0.2, 0.25) is 0 Å². The van der Waals surface area contributed by atoms with Crippen LogP contribution in [0.15, 0.2) is 41.3 Å². The summed E-state index contributed by atoms with van der Waals surface area (Å²) in [6, 6.07) is 8.84. The van der Waals surface area contributed by atoms with Crippen molar-refractivity contribution >= 4 is 33.0 Å². The van der Waals surface area contributed by atoms with Crippen LogP contribution in [0.1, 0.15) is 32.8 Å². The number of ether oxygens (including phenoxy) is 1. The van der Waals surface area contributed by atoms with Gasteiger partial charge in [0.2, 0.25) is 15.9 Å². The molecular formula is C20H26N4O6S. The summed E-state index contributed by atoms with van der Waals surface area (Å²) in [5, 5.41) is 21.9. The van der Waals surface area contributed by atoms with E-state index in [4.69, 9.17) is 9.88 Å². The molecule has 0 fully saturated rings. The summed E-state index contributed by atoms with van der Waals surface area (Å²) in [6.07, 6.45) is 0.0109. The van der Waals surface area contributed by atoms with E-state index in [-0.39, 0.29) is 34.9 Å². The molecule has 0 bridgehead atoms. The fraction of sp³-hybridized carbons (Fsp3) is 0.350. The van der Waals surface area contributed by atoms with Crippen molar-refractivity contribution in [3.8, 4) is 5.75 Å². The molecule has 0 spiro atoms. The van der Waals surface area contributed by atoms with Gasteiger partial charge in [-0.2, -0.15) is 0 Å².